The third kappa shape index (κ3) is 2.19. The van der Waals surface area contributed by atoms with E-state index in [1.165, 1.54) is 10.3 Å². The summed E-state index contributed by atoms with van der Waals surface area (Å²) >= 11 is 1.78. The van der Waals surface area contributed by atoms with Crippen LogP contribution in [-0.2, 0) is 0 Å². The Labute approximate surface area is 95.5 Å². The molecule has 0 atom stereocenters. The average molecular weight is 213 g/mol. The van der Waals surface area contributed by atoms with E-state index in [-0.39, 0.29) is 0 Å². The molecule has 0 aliphatic rings. The number of hydrogen-bond donors (Lipinski definition) is 1. The van der Waals surface area contributed by atoms with E-state index < -0.39 is 0 Å². The van der Waals surface area contributed by atoms with E-state index in [0.717, 1.165) is 16.6 Å². The number of benzene rings is 2. The van der Waals surface area contributed by atoms with E-state index >= 15 is 0 Å². The quantitative estimate of drug-likeness (QED) is 0.620. The lowest BCUT2D eigenvalue weighted by Gasteiger charge is -2.08. The standard InChI is InChI=1S/C12H12BNS/c13-11-5-6-12(15-8-7-14)10-4-2-1-3-9(10)11/h1-6H,7-8,14H2. The van der Waals surface area contributed by atoms with Gasteiger partial charge in [-0.3, -0.25) is 0 Å². The van der Waals surface area contributed by atoms with Crippen LogP contribution in [0.1, 0.15) is 0 Å². The molecule has 2 aromatic carbocycles. The van der Waals surface area contributed by atoms with Crippen LogP contribution in [0.2, 0.25) is 0 Å². The predicted octanol–water partition coefficient (Wildman–Crippen LogP) is 1.68. The lowest BCUT2D eigenvalue weighted by molar-refractivity contribution is 1.15. The topological polar surface area (TPSA) is 26.0 Å². The largest absolute Gasteiger partial charge is 0.330 e. The molecule has 2 rings (SSSR count). The SMILES string of the molecule is [B]c1ccc(SCCN)c2ccccc12. The van der Waals surface area contributed by atoms with E-state index in [9.17, 15) is 0 Å². The maximum atomic E-state index is 5.92. The van der Waals surface area contributed by atoms with Gasteiger partial charge in [0.05, 0.1) is 0 Å². The molecule has 0 amide bonds. The number of thioether (sulfide) groups is 1. The summed E-state index contributed by atoms with van der Waals surface area (Å²) in [5, 5.41) is 2.34. The Bertz CT molecular complexity index is 470. The van der Waals surface area contributed by atoms with Crippen molar-refractivity contribution < 1.29 is 0 Å². The summed E-state index contributed by atoms with van der Waals surface area (Å²) in [5.74, 6) is 0.938. The van der Waals surface area contributed by atoms with Crippen LogP contribution < -0.4 is 11.2 Å². The molecule has 2 N–H and O–H groups in total. The zero-order valence-corrected chi connectivity index (χ0v) is 9.26. The summed E-state index contributed by atoms with van der Waals surface area (Å²) in [5.41, 5.74) is 6.34. The van der Waals surface area contributed by atoms with Crippen molar-refractivity contribution in [1.29, 1.82) is 0 Å². The fourth-order valence-electron chi connectivity index (χ4n) is 1.59. The monoisotopic (exact) mass is 213 g/mol. The highest BCUT2D eigenvalue weighted by Gasteiger charge is 2.02. The lowest BCUT2D eigenvalue weighted by atomic mass is 9.90. The second kappa shape index (κ2) is 4.73. The van der Waals surface area contributed by atoms with Crippen LogP contribution in [-0.4, -0.2) is 20.1 Å². The van der Waals surface area contributed by atoms with Crippen LogP contribution in [0, 0.1) is 0 Å². The molecule has 1 nitrogen and oxygen atoms in total. The Kier molecular flexibility index (Phi) is 3.34. The van der Waals surface area contributed by atoms with Gasteiger partial charge in [-0.2, -0.15) is 0 Å². The zero-order valence-electron chi connectivity index (χ0n) is 8.44. The highest BCUT2D eigenvalue weighted by molar-refractivity contribution is 7.99. The second-order valence-corrected chi connectivity index (χ2v) is 4.47. The Morgan fingerprint density at radius 1 is 1.07 bits per heavy atom. The Hall–Kier alpha value is -0.925. The number of fused-ring (bicyclic) bond motifs is 1. The Morgan fingerprint density at radius 2 is 1.80 bits per heavy atom. The van der Waals surface area contributed by atoms with Gasteiger partial charge in [0.25, 0.3) is 0 Å². The van der Waals surface area contributed by atoms with Gasteiger partial charge in [0.1, 0.15) is 7.85 Å². The van der Waals surface area contributed by atoms with E-state index in [2.05, 4.69) is 18.2 Å². The van der Waals surface area contributed by atoms with Crippen LogP contribution in [0.4, 0.5) is 0 Å². The van der Waals surface area contributed by atoms with Gasteiger partial charge in [-0.15, -0.1) is 11.8 Å². The Balaban J connectivity index is 2.51. The molecule has 2 aromatic rings. The van der Waals surface area contributed by atoms with E-state index in [1.807, 2.05) is 18.2 Å². The highest BCUT2D eigenvalue weighted by Crippen LogP contribution is 2.26. The molecule has 0 bridgehead atoms. The summed E-state index contributed by atoms with van der Waals surface area (Å²) in [6.45, 7) is 0.698. The van der Waals surface area contributed by atoms with Crippen molar-refractivity contribution in [3.63, 3.8) is 0 Å². The van der Waals surface area contributed by atoms with Crippen molar-refractivity contribution in [3.05, 3.63) is 36.4 Å². The van der Waals surface area contributed by atoms with Gasteiger partial charge in [0, 0.05) is 17.2 Å². The normalized spacial score (nSPS) is 10.7. The minimum absolute atomic E-state index is 0.698. The van der Waals surface area contributed by atoms with Crippen molar-refractivity contribution in [2.45, 2.75) is 4.90 Å². The van der Waals surface area contributed by atoms with E-state index in [1.54, 1.807) is 11.8 Å². The predicted molar refractivity (Wildman–Crippen MR) is 69.1 cm³/mol. The van der Waals surface area contributed by atoms with Gasteiger partial charge in [-0.25, -0.2) is 0 Å². The molecular formula is C12H12BNS. The van der Waals surface area contributed by atoms with E-state index in [0.29, 0.717) is 6.54 Å². The molecule has 15 heavy (non-hydrogen) atoms. The van der Waals surface area contributed by atoms with Gasteiger partial charge >= 0.3 is 0 Å². The fraction of sp³-hybridized carbons (Fsp3) is 0.167. The van der Waals surface area contributed by atoms with Crippen LogP contribution in [0.5, 0.6) is 0 Å². The summed E-state index contributed by atoms with van der Waals surface area (Å²) in [4.78, 5) is 1.25. The van der Waals surface area contributed by atoms with E-state index in [4.69, 9.17) is 13.6 Å². The van der Waals surface area contributed by atoms with Gasteiger partial charge in [-0.1, -0.05) is 35.8 Å². The maximum absolute atomic E-state index is 5.92. The molecular weight excluding hydrogens is 201 g/mol. The van der Waals surface area contributed by atoms with Crippen molar-refractivity contribution in [2.75, 3.05) is 12.3 Å². The summed E-state index contributed by atoms with van der Waals surface area (Å²) in [6, 6.07) is 12.2. The number of nitrogens with two attached hydrogens (primary N) is 1. The maximum Gasteiger partial charge on any atom is 0.114 e. The molecule has 0 spiro atoms. The van der Waals surface area contributed by atoms with Crippen molar-refractivity contribution in [2.24, 2.45) is 5.73 Å². The first-order chi connectivity index (χ1) is 7.33. The molecule has 0 aromatic heterocycles. The number of rotatable bonds is 3. The lowest BCUT2D eigenvalue weighted by Crippen LogP contribution is -2.04. The first-order valence-corrected chi connectivity index (χ1v) is 5.91. The third-order valence-corrected chi connectivity index (χ3v) is 3.40. The molecule has 0 fully saturated rings. The van der Waals surface area contributed by atoms with Crippen molar-refractivity contribution in [1.82, 2.24) is 0 Å². The molecule has 0 aliphatic carbocycles. The molecule has 2 radical (unpaired) electrons. The minimum atomic E-state index is 0.698. The Morgan fingerprint density at radius 3 is 2.53 bits per heavy atom. The van der Waals surface area contributed by atoms with Crippen LogP contribution in [0.25, 0.3) is 10.8 Å². The minimum Gasteiger partial charge on any atom is -0.330 e. The van der Waals surface area contributed by atoms with Gasteiger partial charge in [0.2, 0.25) is 0 Å². The second-order valence-electron chi connectivity index (χ2n) is 3.34. The fourth-order valence-corrected chi connectivity index (χ4v) is 2.43. The smallest absolute Gasteiger partial charge is 0.114 e. The van der Waals surface area contributed by atoms with Crippen molar-refractivity contribution in [3.8, 4) is 0 Å². The van der Waals surface area contributed by atoms with Crippen LogP contribution in [0.3, 0.4) is 0 Å². The molecule has 3 heteroatoms. The average Bonchev–Trinajstić information content (AvgIpc) is 2.29. The first kappa shape index (κ1) is 10.6. The summed E-state index contributed by atoms with van der Waals surface area (Å²) < 4.78 is 0. The summed E-state index contributed by atoms with van der Waals surface area (Å²) in [7, 11) is 5.92. The van der Waals surface area contributed by atoms with Crippen LogP contribution >= 0.6 is 11.8 Å². The third-order valence-electron chi connectivity index (χ3n) is 2.29. The van der Waals surface area contributed by atoms with Crippen LogP contribution in [0.15, 0.2) is 41.3 Å². The first-order valence-electron chi connectivity index (χ1n) is 4.93. The molecule has 0 saturated carbocycles. The van der Waals surface area contributed by atoms with Gasteiger partial charge in [-0.05, 0) is 16.8 Å². The molecule has 0 aliphatic heterocycles. The van der Waals surface area contributed by atoms with Crippen molar-refractivity contribution >= 4 is 35.8 Å². The highest BCUT2D eigenvalue weighted by atomic mass is 32.2. The molecule has 0 heterocycles. The zero-order chi connectivity index (χ0) is 10.7. The van der Waals surface area contributed by atoms with Gasteiger partial charge < -0.3 is 5.73 Å². The summed E-state index contributed by atoms with van der Waals surface area (Å²) in [6.07, 6.45) is 0. The molecule has 0 saturated heterocycles. The number of hydrogen-bond acceptors (Lipinski definition) is 2. The molecule has 74 valence electrons. The van der Waals surface area contributed by atoms with Gasteiger partial charge in [0.15, 0.2) is 0 Å². The molecule has 0 unspecified atom stereocenters.